The van der Waals surface area contributed by atoms with Crippen LogP contribution in [0.5, 0.6) is 17.2 Å². The van der Waals surface area contributed by atoms with Crippen molar-refractivity contribution in [2.75, 3.05) is 47.5 Å². The fraction of sp³-hybridized carbons (Fsp3) is 0.381. The van der Waals surface area contributed by atoms with Gasteiger partial charge in [0.05, 0.1) is 26.9 Å². The van der Waals surface area contributed by atoms with E-state index < -0.39 is 5.82 Å². The van der Waals surface area contributed by atoms with Gasteiger partial charge in [0.15, 0.2) is 11.5 Å². The Balaban J connectivity index is 1.67. The summed E-state index contributed by atoms with van der Waals surface area (Å²) in [5.74, 6) is 0.890. The van der Waals surface area contributed by atoms with E-state index in [1.54, 1.807) is 26.2 Å². The molecule has 1 heterocycles. The molecule has 1 aliphatic heterocycles. The fourth-order valence-corrected chi connectivity index (χ4v) is 3.64. The number of amides is 1. The van der Waals surface area contributed by atoms with Gasteiger partial charge in [-0.2, -0.15) is 0 Å². The molecule has 1 saturated heterocycles. The Bertz CT molecular complexity index is 885. The number of ether oxygens (including phenoxy) is 3. The number of benzene rings is 2. The smallest absolute Gasteiger partial charge is 0.256 e. The summed E-state index contributed by atoms with van der Waals surface area (Å²) in [5.41, 5.74) is 0.971. The zero-order valence-corrected chi connectivity index (χ0v) is 17.5. The predicted octanol–water partition coefficient (Wildman–Crippen LogP) is 3.46. The summed E-state index contributed by atoms with van der Waals surface area (Å²) in [5, 5.41) is 0.342. The van der Waals surface area contributed by atoms with E-state index in [0.717, 1.165) is 5.56 Å². The molecule has 1 aliphatic rings. The van der Waals surface area contributed by atoms with E-state index in [2.05, 4.69) is 4.90 Å². The lowest BCUT2D eigenvalue weighted by Crippen LogP contribution is -2.48. The van der Waals surface area contributed by atoms with Gasteiger partial charge >= 0.3 is 0 Å². The third-order valence-corrected chi connectivity index (χ3v) is 5.23. The van der Waals surface area contributed by atoms with E-state index in [1.165, 1.54) is 18.2 Å². The third kappa shape index (κ3) is 4.57. The maximum atomic E-state index is 14.0. The van der Waals surface area contributed by atoms with Crippen LogP contribution in [-0.4, -0.2) is 63.2 Å². The molecule has 0 spiro atoms. The number of piperazine rings is 1. The SMILES string of the molecule is COc1ccc(CN2CCN(C(=O)c3cc(Cl)ccc3F)CC2)c(OC)c1OC. The normalized spacial score (nSPS) is 14.6. The minimum Gasteiger partial charge on any atom is -0.493 e. The predicted molar refractivity (Wildman–Crippen MR) is 109 cm³/mol. The number of nitrogens with zero attached hydrogens (tertiary/aromatic N) is 2. The molecule has 0 aromatic heterocycles. The maximum Gasteiger partial charge on any atom is 0.256 e. The third-order valence-electron chi connectivity index (χ3n) is 5.00. The van der Waals surface area contributed by atoms with E-state index in [1.807, 2.05) is 12.1 Å². The molecule has 1 fully saturated rings. The van der Waals surface area contributed by atoms with Crippen LogP contribution in [0.2, 0.25) is 5.02 Å². The first-order valence-corrected chi connectivity index (χ1v) is 9.60. The van der Waals surface area contributed by atoms with Gasteiger partial charge in [-0.15, -0.1) is 0 Å². The quantitative estimate of drug-likeness (QED) is 0.713. The molecule has 0 aliphatic carbocycles. The van der Waals surface area contributed by atoms with E-state index in [0.29, 0.717) is 55.0 Å². The highest BCUT2D eigenvalue weighted by molar-refractivity contribution is 6.31. The van der Waals surface area contributed by atoms with Gasteiger partial charge in [0.25, 0.3) is 5.91 Å². The van der Waals surface area contributed by atoms with E-state index in [4.69, 9.17) is 25.8 Å². The summed E-state index contributed by atoms with van der Waals surface area (Å²) < 4.78 is 30.3. The standard InChI is InChI=1S/C21H24ClFN2O4/c1-27-18-7-4-14(19(28-2)20(18)29-3)13-24-8-10-25(11-9-24)21(26)16-12-15(22)5-6-17(16)23/h4-7,12H,8-11,13H2,1-3H3. The van der Waals surface area contributed by atoms with Crippen LogP contribution in [-0.2, 0) is 6.54 Å². The second kappa shape index (κ2) is 9.33. The second-order valence-corrected chi connectivity index (χ2v) is 7.12. The fourth-order valence-electron chi connectivity index (χ4n) is 3.47. The van der Waals surface area contributed by atoms with Crippen LogP contribution in [0.15, 0.2) is 30.3 Å². The monoisotopic (exact) mass is 422 g/mol. The number of hydrogen-bond acceptors (Lipinski definition) is 5. The van der Waals surface area contributed by atoms with Gasteiger partial charge in [-0.3, -0.25) is 9.69 Å². The number of rotatable bonds is 6. The first-order valence-electron chi connectivity index (χ1n) is 9.23. The van der Waals surface area contributed by atoms with Gasteiger partial charge in [-0.05, 0) is 24.3 Å². The van der Waals surface area contributed by atoms with Crippen LogP contribution in [0.3, 0.4) is 0 Å². The summed E-state index contributed by atoms with van der Waals surface area (Å²) in [4.78, 5) is 16.5. The Hall–Kier alpha value is -2.51. The van der Waals surface area contributed by atoms with Crippen molar-refractivity contribution in [2.24, 2.45) is 0 Å². The topological polar surface area (TPSA) is 51.2 Å². The Labute approximate surface area is 174 Å². The molecule has 8 heteroatoms. The van der Waals surface area contributed by atoms with Crippen LogP contribution in [0.1, 0.15) is 15.9 Å². The number of methoxy groups -OCH3 is 3. The van der Waals surface area contributed by atoms with Crippen molar-refractivity contribution < 1.29 is 23.4 Å². The Morgan fingerprint density at radius 1 is 1.00 bits per heavy atom. The largest absolute Gasteiger partial charge is 0.493 e. The van der Waals surface area contributed by atoms with E-state index >= 15 is 0 Å². The molecular weight excluding hydrogens is 399 g/mol. The Morgan fingerprint density at radius 2 is 1.69 bits per heavy atom. The van der Waals surface area contributed by atoms with Crippen LogP contribution in [0.4, 0.5) is 4.39 Å². The number of carbonyl (C=O) groups is 1. The van der Waals surface area contributed by atoms with Crippen molar-refractivity contribution in [3.05, 3.63) is 52.3 Å². The highest BCUT2D eigenvalue weighted by atomic mass is 35.5. The minimum atomic E-state index is -0.558. The summed E-state index contributed by atoms with van der Waals surface area (Å²) in [6.45, 7) is 2.95. The number of carbonyl (C=O) groups excluding carboxylic acids is 1. The molecule has 2 aromatic rings. The molecule has 1 amide bonds. The van der Waals surface area contributed by atoms with E-state index in [-0.39, 0.29) is 11.5 Å². The van der Waals surface area contributed by atoms with Gasteiger partial charge in [0.1, 0.15) is 5.82 Å². The molecule has 6 nitrogen and oxygen atoms in total. The Morgan fingerprint density at radius 3 is 2.31 bits per heavy atom. The van der Waals surface area contributed by atoms with Gasteiger partial charge in [-0.1, -0.05) is 17.7 Å². The van der Waals surface area contributed by atoms with Crippen LogP contribution in [0.25, 0.3) is 0 Å². The van der Waals surface area contributed by atoms with Crippen molar-refractivity contribution in [3.8, 4) is 17.2 Å². The first-order chi connectivity index (χ1) is 14.0. The minimum absolute atomic E-state index is 0.00695. The van der Waals surface area contributed by atoms with Crippen molar-refractivity contribution in [1.29, 1.82) is 0 Å². The summed E-state index contributed by atoms with van der Waals surface area (Å²) in [6, 6.07) is 7.81. The average molecular weight is 423 g/mol. The van der Waals surface area contributed by atoms with Crippen molar-refractivity contribution in [2.45, 2.75) is 6.54 Å². The highest BCUT2D eigenvalue weighted by Crippen LogP contribution is 2.40. The van der Waals surface area contributed by atoms with Gasteiger partial charge in [0.2, 0.25) is 5.75 Å². The average Bonchev–Trinajstić information content (AvgIpc) is 2.75. The molecule has 0 N–H and O–H groups in total. The molecule has 0 atom stereocenters. The van der Waals surface area contributed by atoms with Crippen molar-refractivity contribution in [1.82, 2.24) is 9.80 Å². The van der Waals surface area contributed by atoms with Crippen molar-refractivity contribution >= 4 is 17.5 Å². The summed E-state index contributed by atoms with van der Waals surface area (Å²) in [6.07, 6.45) is 0. The zero-order chi connectivity index (χ0) is 21.0. The van der Waals surface area contributed by atoms with Gasteiger partial charge < -0.3 is 19.1 Å². The molecule has 0 radical (unpaired) electrons. The number of halogens is 2. The lowest BCUT2D eigenvalue weighted by atomic mass is 10.1. The number of hydrogen-bond donors (Lipinski definition) is 0. The zero-order valence-electron chi connectivity index (χ0n) is 16.7. The Kier molecular flexibility index (Phi) is 6.82. The summed E-state index contributed by atoms with van der Waals surface area (Å²) in [7, 11) is 4.75. The molecule has 0 bridgehead atoms. The molecule has 156 valence electrons. The summed E-state index contributed by atoms with van der Waals surface area (Å²) >= 11 is 5.91. The van der Waals surface area contributed by atoms with Crippen LogP contribution in [0, 0.1) is 5.82 Å². The highest BCUT2D eigenvalue weighted by Gasteiger charge is 2.25. The molecule has 3 rings (SSSR count). The first kappa shape index (κ1) is 21.2. The van der Waals surface area contributed by atoms with Crippen LogP contribution < -0.4 is 14.2 Å². The van der Waals surface area contributed by atoms with E-state index in [9.17, 15) is 9.18 Å². The lowest BCUT2D eigenvalue weighted by molar-refractivity contribution is 0.0622. The van der Waals surface area contributed by atoms with Crippen molar-refractivity contribution in [3.63, 3.8) is 0 Å². The second-order valence-electron chi connectivity index (χ2n) is 6.69. The molecular formula is C21H24ClFN2O4. The van der Waals surface area contributed by atoms with Gasteiger partial charge in [0, 0.05) is 43.3 Å². The lowest BCUT2D eigenvalue weighted by Gasteiger charge is -2.35. The maximum absolute atomic E-state index is 14.0. The van der Waals surface area contributed by atoms with Crippen LogP contribution >= 0.6 is 11.6 Å². The molecule has 29 heavy (non-hydrogen) atoms. The molecule has 0 saturated carbocycles. The molecule has 0 unspecified atom stereocenters. The van der Waals surface area contributed by atoms with Gasteiger partial charge in [-0.25, -0.2) is 4.39 Å². The molecule has 2 aromatic carbocycles.